The zero-order valence-electron chi connectivity index (χ0n) is 14.4. The van der Waals surface area contributed by atoms with Crippen molar-refractivity contribution < 1.29 is 18.3 Å². The van der Waals surface area contributed by atoms with Crippen LogP contribution < -0.4 is 4.74 Å². The van der Waals surface area contributed by atoms with Crippen molar-refractivity contribution in [2.45, 2.75) is 58.4 Å². The van der Waals surface area contributed by atoms with Crippen LogP contribution in [0.4, 0.5) is 14.5 Å². The van der Waals surface area contributed by atoms with E-state index in [1.807, 2.05) is 24.9 Å². The molecule has 0 unspecified atom stereocenters. The monoisotopic (exact) mass is 341 g/mol. The van der Waals surface area contributed by atoms with Gasteiger partial charge in [0.2, 0.25) is 5.88 Å². The smallest absolute Gasteiger partial charge is 0.345 e. The van der Waals surface area contributed by atoms with Gasteiger partial charge in [-0.15, -0.1) is 0 Å². The number of hydrogen-bond acceptors (Lipinski definition) is 4. The average Bonchev–Trinajstić information content (AvgIpc) is 2.55. The molecule has 1 fully saturated rings. The Bertz CT molecular complexity index is 547. The van der Waals surface area contributed by atoms with E-state index in [1.54, 1.807) is 12.4 Å². The number of ether oxygens (including phenoxy) is 2. The average molecular weight is 341 g/mol. The van der Waals surface area contributed by atoms with E-state index < -0.39 is 6.61 Å². The van der Waals surface area contributed by atoms with Crippen LogP contribution in [0.3, 0.4) is 0 Å². The Balaban J connectivity index is 1.88. The molecule has 0 aromatic carbocycles. The molecule has 0 spiro atoms. The summed E-state index contributed by atoms with van der Waals surface area (Å²) in [7, 11) is 1.96. The van der Waals surface area contributed by atoms with Crippen molar-refractivity contribution in [2.75, 3.05) is 13.6 Å². The number of halogens is 2. The van der Waals surface area contributed by atoms with Crippen molar-refractivity contribution >= 4 is 12.0 Å². The maximum Gasteiger partial charge on any atom is 0.345 e. The van der Waals surface area contributed by atoms with Gasteiger partial charge in [0, 0.05) is 19.7 Å². The number of aromatic nitrogens is 1. The zero-order chi connectivity index (χ0) is 17.5. The number of aryl methyl sites for hydroxylation is 1. The van der Waals surface area contributed by atoms with E-state index in [-0.39, 0.29) is 12.2 Å². The van der Waals surface area contributed by atoms with Crippen LogP contribution >= 0.6 is 0 Å². The summed E-state index contributed by atoms with van der Waals surface area (Å²) in [5.41, 5.74) is 1.60. The number of alkyl halides is 2. The highest BCUT2D eigenvalue weighted by atomic mass is 19.3. The van der Waals surface area contributed by atoms with Crippen LogP contribution in [-0.2, 0) is 4.74 Å². The minimum absolute atomic E-state index is 0.00463. The fourth-order valence-electron chi connectivity index (χ4n) is 2.58. The summed E-state index contributed by atoms with van der Waals surface area (Å²) in [6.07, 6.45) is 3.95. The number of aliphatic imine (C=N–C) groups is 1. The molecule has 1 aromatic heterocycles. The highest BCUT2D eigenvalue weighted by Gasteiger charge is 2.25. The Labute approximate surface area is 141 Å². The van der Waals surface area contributed by atoms with Gasteiger partial charge in [0.15, 0.2) is 0 Å². The van der Waals surface area contributed by atoms with Crippen LogP contribution in [-0.4, -0.2) is 48.6 Å². The third-order valence-corrected chi connectivity index (χ3v) is 4.13. The van der Waals surface area contributed by atoms with Gasteiger partial charge in [-0.25, -0.2) is 9.98 Å². The molecule has 1 saturated carbocycles. The fraction of sp³-hybridized carbons (Fsp3) is 0.647. The highest BCUT2D eigenvalue weighted by Crippen LogP contribution is 2.27. The quantitative estimate of drug-likeness (QED) is 0.557. The molecule has 2 rings (SSSR count). The van der Waals surface area contributed by atoms with Crippen molar-refractivity contribution in [2.24, 2.45) is 4.99 Å². The molecule has 0 aliphatic heterocycles. The molecule has 1 heterocycles. The molecule has 134 valence electrons. The standard InChI is InChI=1S/C17H25F2N3O2/c1-4-22(3)11-20-15-9-10-16(21-12(15)2)23-13-5-7-14(8-6-13)24-17(18)19/h9-11,13-14,17H,4-8H2,1-3H3/t13-,14+. The van der Waals surface area contributed by atoms with Gasteiger partial charge in [0.1, 0.15) is 6.10 Å². The summed E-state index contributed by atoms with van der Waals surface area (Å²) in [5, 5.41) is 0. The van der Waals surface area contributed by atoms with Gasteiger partial charge < -0.3 is 14.4 Å². The van der Waals surface area contributed by atoms with Crippen LogP contribution in [0.15, 0.2) is 17.1 Å². The molecule has 0 radical (unpaired) electrons. The van der Waals surface area contributed by atoms with Crippen LogP contribution in [0, 0.1) is 6.92 Å². The predicted octanol–water partition coefficient (Wildman–Crippen LogP) is 3.93. The van der Waals surface area contributed by atoms with Gasteiger partial charge in [0.25, 0.3) is 0 Å². The van der Waals surface area contributed by atoms with E-state index in [0.717, 1.165) is 17.9 Å². The summed E-state index contributed by atoms with van der Waals surface area (Å²) in [4.78, 5) is 10.8. The van der Waals surface area contributed by atoms with Crippen LogP contribution in [0.1, 0.15) is 38.3 Å². The van der Waals surface area contributed by atoms with Gasteiger partial charge in [-0.3, -0.25) is 0 Å². The summed E-state index contributed by atoms with van der Waals surface area (Å²) in [6, 6.07) is 3.68. The lowest BCUT2D eigenvalue weighted by atomic mass is 9.95. The second-order valence-corrected chi connectivity index (χ2v) is 5.99. The molecule has 1 aliphatic rings. The molecule has 5 nitrogen and oxygen atoms in total. The Kier molecular flexibility index (Phi) is 6.90. The van der Waals surface area contributed by atoms with Gasteiger partial charge in [-0.2, -0.15) is 8.78 Å². The van der Waals surface area contributed by atoms with Gasteiger partial charge >= 0.3 is 6.61 Å². The first-order chi connectivity index (χ1) is 11.5. The summed E-state index contributed by atoms with van der Waals surface area (Å²) in [5.74, 6) is 0.550. The zero-order valence-corrected chi connectivity index (χ0v) is 14.4. The van der Waals surface area contributed by atoms with Crippen molar-refractivity contribution in [1.82, 2.24) is 9.88 Å². The number of hydrogen-bond donors (Lipinski definition) is 0. The minimum atomic E-state index is -2.70. The molecule has 0 N–H and O–H groups in total. The SMILES string of the molecule is CCN(C)C=Nc1ccc(O[C@H]2CC[C@@H](OC(F)F)CC2)nc1C. The fourth-order valence-corrected chi connectivity index (χ4v) is 2.58. The van der Waals surface area contributed by atoms with E-state index in [4.69, 9.17) is 4.74 Å². The van der Waals surface area contributed by atoms with Crippen molar-refractivity contribution in [3.63, 3.8) is 0 Å². The molecular formula is C17H25F2N3O2. The van der Waals surface area contributed by atoms with Crippen molar-refractivity contribution in [1.29, 1.82) is 0 Å². The summed E-state index contributed by atoms with van der Waals surface area (Å²) >= 11 is 0. The largest absolute Gasteiger partial charge is 0.474 e. The van der Waals surface area contributed by atoms with Crippen LogP contribution in [0.25, 0.3) is 0 Å². The first-order valence-electron chi connectivity index (χ1n) is 8.30. The molecule has 0 atom stereocenters. The lowest BCUT2D eigenvalue weighted by Gasteiger charge is -2.28. The first-order valence-corrected chi connectivity index (χ1v) is 8.30. The molecule has 0 saturated heterocycles. The topological polar surface area (TPSA) is 47.0 Å². The Morgan fingerprint density at radius 1 is 1.29 bits per heavy atom. The highest BCUT2D eigenvalue weighted by molar-refractivity contribution is 5.62. The lowest BCUT2D eigenvalue weighted by Crippen LogP contribution is -2.29. The Hall–Kier alpha value is -1.76. The molecule has 0 amide bonds. The van der Waals surface area contributed by atoms with E-state index in [1.165, 1.54) is 0 Å². The molecule has 1 aromatic rings. The molecule has 0 bridgehead atoms. The summed E-state index contributed by atoms with van der Waals surface area (Å²) < 4.78 is 34.8. The van der Waals surface area contributed by atoms with Crippen LogP contribution in [0.2, 0.25) is 0 Å². The van der Waals surface area contributed by atoms with Crippen LogP contribution in [0.5, 0.6) is 5.88 Å². The first kappa shape index (κ1) is 18.6. The van der Waals surface area contributed by atoms with Crippen molar-refractivity contribution in [3.05, 3.63) is 17.8 Å². The summed E-state index contributed by atoms with van der Waals surface area (Å²) in [6.45, 7) is 2.12. The second kappa shape index (κ2) is 8.92. The van der Waals surface area contributed by atoms with Crippen molar-refractivity contribution in [3.8, 4) is 5.88 Å². The number of nitrogens with zero attached hydrogens (tertiary/aromatic N) is 3. The van der Waals surface area contributed by atoms with E-state index >= 15 is 0 Å². The Morgan fingerprint density at radius 2 is 1.96 bits per heavy atom. The third kappa shape index (κ3) is 5.70. The maximum atomic E-state index is 12.2. The normalized spacial score (nSPS) is 21.4. The van der Waals surface area contributed by atoms with E-state index in [0.29, 0.717) is 31.6 Å². The molecule has 7 heteroatoms. The molecule has 1 aliphatic carbocycles. The number of pyridine rings is 1. The van der Waals surface area contributed by atoms with Gasteiger partial charge in [0.05, 0.1) is 23.8 Å². The lowest BCUT2D eigenvalue weighted by molar-refractivity contribution is -0.173. The molecule has 24 heavy (non-hydrogen) atoms. The van der Waals surface area contributed by atoms with Gasteiger partial charge in [-0.05, 0) is 45.6 Å². The third-order valence-electron chi connectivity index (χ3n) is 4.13. The van der Waals surface area contributed by atoms with Gasteiger partial charge in [-0.1, -0.05) is 0 Å². The maximum absolute atomic E-state index is 12.2. The van der Waals surface area contributed by atoms with E-state index in [2.05, 4.69) is 21.6 Å². The van der Waals surface area contributed by atoms with E-state index in [9.17, 15) is 8.78 Å². The second-order valence-electron chi connectivity index (χ2n) is 5.99. The number of rotatable bonds is 7. The Morgan fingerprint density at radius 3 is 2.54 bits per heavy atom. The minimum Gasteiger partial charge on any atom is -0.474 e. The molecular weight excluding hydrogens is 316 g/mol. The predicted molar refractivity (Wildman–Crippen MR) is 89.2 cm³/mol.